The third kappa shape index (κ3) is 9.94. The molecule has 0 spiro atoms. The van der Waals surface area contributed by atoms with E-state index < -0.39 is 54.1 Å². The van der Waals surface area contributed by atoms with Gasteiger partial charge in [-0.3, -0.25) is 9.59 Å². The van der Waals surface area contributed by atoms with Gasteiger partial charge >= 0.3 is 12.1 Å². The molecule has 1 aromatic carbocycles. The number of amides is 3. The topological polar surface area (TPSA) is 146 Å². The number of carbonyl (C=O) groups is 4. The Labute approximate surface area is 181 Å². The molecule has 4 N–H and O–H groups in total. The molecule has 31 heavy (non-hydrogen) atoms. The quantitative estimate of drug-likeness (QED) is 0.463. The third-order valence-corrected chi connectivity index (χ3v) is 3.99. The highest BCUT2D eigenvalue weighted by atomic mass is 16.5. The molecular formula is C21H31N3O7. The van der Waals surface area contributed by atoms with Gasteiger partial charge in [-0.25, -0.2) is 9.59 Å². The molecule has 1 aromatic rings. The maximum Gasteiger partial charge on any atom is 0.408 e. The third-order valence-electron chi connectivity index (χ3n) is 3.99. The lowest BCUT2D eigenvalue weighted by molar-refractivity contribution is -0.153. The molecule has 0 radical (unpaired) electrons. The van der Waals surface area contributed by atoms with Crippen LogP contribution in [0.15, 0.2) is 30.3 Å². The number of methoxy groups -OCH3 is 1. The standard InChI is InChI=1S/C21H31N3O7/c1-13(31-21(2,3)4)17(19(27)29-5)24-18(26)15(11-16(22)25)23-20(28)30-12-14-9-7-6-8-10-14/h6-10,13,15,17H,11-12H2,1-5H3,(H2,22,25)(H,23,28)(H,24,26)/t13?,15-,17-/m0/s1. The fourth-order valence-corrected chi connectivity index (χ4v) is 2.69. The lowest BCUT2D eigenvalue weighted by Crippen LogP contribution is -2.56. The fraction of sp³-hybridized carbons (Fsp3) is 0.524. The van der Waals surface area contributed by atoms with E-state index in [0.29, 0.717) is 0 Å². The molecule has 10 nitrogen and oxygen atoms in total. The molecule has 0 aromatic heterocycles. The van der Waals surface area contributed by atoms with Crippen molar-refractivity contribution < 1.29 is 33.4 Å². The van der Waals surface area contributed by atoms with Crippen molar-refractivity contribution in [3.8, 4) is 0 Å². The summed E-state index contributed by atoms with van der Waals surface area (Å²) in [5, 5.41) is 4.76. The SMILES string of the molecule is COC(=O)[C@@H](NC(=O)[C@H](CC(N)=O)NC(=O)OCc1ccccc1)C(C)OC(C)(C)C. The predicted molar refractivity (Wildman–Crippen MR) is 112 cm³/mol. The van der Waals surface area contributed by atoms with E-state index in [0.717, 1.165) is 5.56 Å². The minimum Gasteiger partial charge on any atom is -0.467 e. The van der Waals surface area contributed by atoms with Gasteiger partial charge in [-0.05, 0) is 33.3 Å². The van der Waals surface area contributed by atoms with E-state index in [1.54, 1.807) is 52.0 Å². The zero-order valence-corrected chi connectivity index (χ0v) is 18.5. The maximum atomic E-state index is 12.7. The average molecular weight is 437 g/mol. The summed E-state index contributed by atoms with van der Waals surface area (Å²) in [5.74, 6) is -2.37. The Morgan fingerprint density at radius 1 is 1.06 bits per heavy atom. The summed E-state index contributed by atoms with van der Waals surface area (Å²) in [6.07, 6.45) is -2.16. The van der Waals surface area contributed by atoms with Gasteiger partial charge in [-0.2, -0.15) is 0 Å². The number of primary amides is 1. The van der Waals surface area contributed by atoms with Crippen LogP contribution in [0.3, 0.4) is 0 Å². The largest absolute Gasteiger partial charge is 0.467 e. The van der Waals surface area contributed by atoms with Crippen molar-refractivity contribution in [1.82, 2.24) is 10.6 Å². The summed E-state index contributed by atoms with van der Waals surface area (Å²) in [5.41, 5.74) is 5.35. The zero-order valence-electron chi connectivity index (χ0n) is 18.5. The smallest absolute Gasteiger partial charge is 0.408 e. The van der Waals surface area contributed by atoms with Gasteiger partial charge in [0, 0.05) is 0 Å². The summed E-state index contributed by atoms with van der Waals surface area (Å²) in [7, 11) is 1.17. The molecule has 0 heterocycles. The first kappa shape index (κ1) is 25.9. The fourth-order valence-electron chi connectivity index (χ4n) is 2.69. The number of benzene rings is 1. The molecule has 0 saturated carbocycles. The monoisotopic (exact) mass is 437 g/mol. The Balaban J connectivity index is 2.84. The van der Waals surface area contributed by atoms with Crippen LogP contribution in [0.1, 0.15) is 39.7 Å². The van der Waals surface area contributed by atoms with Crippen molar-refractivity contribution in [2.24, 2.45) is 5.73 Å². The van der Waals surface area contributed by atoms with Crippen molar-refractivity contribution in [2.75, 3.05) is 7.11 Å². The minimum atomic E-state index is -1.35. The first-order valence-electron chi connectivity index (χ1n) is 9.74. The number of alkyl carbamates (subject to hydrolysis) is 1. The van der Waals surface area contributed by atoms with Gasteiger partial charge in [0.2, 0.25) is 11.8 Å². The van der Waals surface area contributed by atoms with Gasteiger partial charge in [-0.1, -0.05) is 30.3 Å². The Bertz CT molecular complexity index is 762. The van der Waals surface area contributed by atoms with Crippen LogP contribution in [0.5, 0.6) is 0 Å². The van der Waals surface area contributed by atoms with Crippen molar-refractivity contribution in [3.63, 3.8) is 0 Å². The van der Waals surface area contributed by atoms with E-state index in [9.17, 15) is 19.2 Å². The predicted octanol–water partition coefficient (Wildman–Crippen LogP) is 1.02. The number of rotatable bonds is 10. The minimum absolute atomic E-state index is 0.0289. The maximum absolute atomic E-state index is 12.7. The number of nitrogens with two attached hydrogens (primary N) is 1. The number of hydrogen-bond donors (Lipinski definition) is 3. The van der Waals surface area contributed by atoms with E-state index in [-0.39, 0.29) is 6.61 Å². The van der Waals surface area contributed by atoms with Crippen LogP contribution in [0, 0.1) is 0 Å². The molecule has 172 valence electrons. The van der Waals surface area contributed by atoms with Gasteiger partial charge in [0.15, 0.2) is 6.04 Å². The molecule has 3 atom stereocenters. The lowest BCUT2D eigenvalue weighted by Gasteiger charge is -2.30. The van der Waals surface area contributed by atoms with Crippen molar-refractivity contribution in [2.45, 2.75) is 64.5 Å². The average Bonchev–Trinajstić information content (AvgIpc) is 2.68. The van der Waals surface area contributed by atoms with Crippen LogP contribution in [-0.2, 0) is 35.2 Å². The van der Waals surface area contributed by atoms with E-state index in [1.165, 1.54) is 7.11 Å². The van der Waals surface area contributed by atoms with Gasteiger partial charge < -0.3 is 30.6 Å². The van der Waals surface area contributed by atoms with E-state index in [4.69, 9.17) is 19.9 Å². The van der Waals surface area contributed by atoms with Gasteiger partial charge in [0.25, 0.3) is 0 Å². The van der Waals surface area contributed by atoms with Crippen molar-refractivity contribution in [3.05, 3.63) is 35.9 Å². The molecule has 0 aliphatic carbocycles. The lowest BCUT2D eigenvalue weighted by atomic mass is 10.1. The second kappa shape index (κ2) is 11.9. The van der Waals surface area contributed by atoms with Crippen LogP contribution in [0.25, 0.3) is 0 Å². The molecule has 1 unspecified atom stereocenters. The summed E-state index contributed by atoms with van der Waals surface area (Å²) in [6.45, 7) is 6.94. The molecule has 3 amide bonds. The zero-order chi connectivity index (χ0) is 23.6. The summed E-state index contributed by atoms with van der Waals surface area (Å²) in [4.78, 5) is 48.5. The van der Waals surface area contributed by atoms with E-state index in [2.05, 4.69) is 10.6 Å². The highest BCUT2D eigenvalue weighted by molar-refractivity contribution is 5.93. The molecule has 0 aliphatic heterocycles. The summed E-state index contributed by atoms with van der Waals surface area (Å²) in [6, 6.07) is 6.39. The van der Waals surface area contributed by atoms with Crippen LogP contribution in [0.2, 0.25) is 0 Å². The summed E-state index contributed by atoms with van der Waals surface area (Å²) < 4.78 is 15.6. The first-order valence-corrected chi connectivity index (χ1v) is 9.74. The molecular weight excluding hydrogens is 406 g/mol. The van der Waals surface area contributed by atoms with E-state index >= 15 is 0 Å². The Kier molecular flexibility index (Phi) is 9.94. The second-order valence-corrected chi connectivity index (χ2v) is 7.87. The number of carbonyl (C=O) groups excluding carboxylic acids is 4. The Morgan fingerprint density at radius 2 is 1.68 bits per heavy atom. The number of hydrogen-bond acceptors (Lipinski definition) is 7. The highest BCUT2D eigenvalue weighted by Crippen LogP contribution is 2.14. The molecule has 0 saturated heterocycles. The van der Waals surface area contributed by atoms with Crippen LogP contribution >= 0.6 is 0 Å². The Hall–Kier alpha value is -3.14. The number of ether oxygens (including phenoxy) is 3. The Morgan fingerprint density at radius 3 is 2.19 bits per heavy atom. The van der Waals surface area contributed by atoms with E-state index in [1.807, 2.05) is 6.07 Å². The van der Waals surface area contributed by atoms with Crippen molar-refractivity contribution in [1.29, 1.82) is 0 Å². The molecule has 0 bridgehead atoms. The number of nitrogens with one attached hydrogen (secondary N) is 2. The van der Waals surface area contributed by atoms with Crippen LogP contribution < -0.4 is 16.4 Å². The first-order chi connectivity index (χ1) is 14.4. The van der Waals surface area contributed by atoms with Crippen LogP contribution in [-0.4, -0.2) is 54.8 Å². The number of esters is 1. The molecule has 10 heteroatoms. The molecule has 1 rings (SSSR count). The van der Waals surface area contributed by atoms with Crippen LogP contribution in [0.4, 0.5) is 4.79 Å². The van der Waals surface area contributed by atoms with Gasteiger partial charge in [-0.15, -0.1) is 0 Å². The highest BCUT2D eigenvalue weighted by Gasteiger charge is 2.34. The van der Waals surface area contributed by atoms with Gasteiger partial charge in [0.05, 0.1) is 25.2 Å². The second-order valence-electron chi connectivity index (χ2n) is 7.87. The molecule has 0 fully saturated rings. The normalized spacial score (nSPS) is 14.0. The summed E-state index contributed by atoms with van der Waals surface area (Å²) >= 11 is 0. The van der Waals surface area contributed by atoms with Gasteiger partial charge in [0.1, 0.15) is 12.6 Å². The van der Waals surface area contributed by atoms with Crippen molar-refractivity contribution >= 4 is 23.9 Å². The molecule has 0 aliphatic rings.